The van der Waals surface area contributed by atoms with Gasteiger partial charge in [-0.15, -0.1) is 11.3 Å². The minimum absolute atomic E-state index is 0.233. The number of hydrazone groups is 1. The molecule has 0 aliphatic rings. The van der Waals surface area contributed by atoms with Crippen LogP contribution in [0.15, 0.2) is 41.5 Å². The number of amides is 1. The van der Waals surface area contributed by atoms with Gasteiger partial charge in [0.05, 0.1) is 6.21 Å². The Morgan fingerprint density at radius 1 is 1.20 bits per heavy atom. The lowest BCUT2D eigenvalue weighted by atomic mass is 10.1. The zero-order valence-corrected chi connectivity index (χ0v) is 11.5. The van der Waals surface area contributed by atoms with Gasteiger partial charge in [0.2, 0.25) is 0 Å². The second-order valence-electron chi connectivity index (χ2n) is 4.07. The molecule has 0 saturated heterocycles. The molecule has 0 spiro atoms. The first-order chi connectivity index (χ1) is 9.56. The van der Waals surface area contributed by atoms with Crippen LogP contribution in [0, 0.1) is 6.92 Å². The number of aromatic carboxylic acids is 1. The van der Waals surface area contributed by atoms with Crippen LogP contribution in [0.5, 0.6) is 0 Å². The van der Waals surface area contributed by atoms with Crippen molar-refractivity contribution in [2.75, 3.05) is 0 Å². The third-order valence-corrected chi connectivity index (χ3v) is 3.52. The predicted octanol–water partition coefficient (Wildman–Crippen LogP) is 2.52. The number of aryl methyl sites for hydroxylation is 1. The van der Waals surface area contributed by atoms with Crippen LogP contribution in [-0.4, -0.2) is 23.2 Å². The van der Waals surface area contributed by atoms with E-state index in [1.807, 2.05) is 19.1 Å². The van der Waals surface area contributed by atoms with Crippen LogP contribution in [0.3, 0.4) is 0 Å². The maximum absolute atomic E-state index is 11.7. The lowest BCUT2D eigenvalue weighted by molar-refractivity contribution is 0.0702. The summed E-state index contributed by atoms with van der Waals surface area (Å²) < 4.78 is 0. The van der Waals surface area contributed by atoms with E-state index in [1.165, 1.54) is 12.3 Å². The molecule has 20 heavy (non-hydrogen) atoms. The molecular formula is C14H12N2O3S. The summed E-state index contributed by atoms with van der Waals surface area (Å²) in [6, 6.07) is 10.3. The zero-order chi connectivity index (χ0) is 14.5. The molecule has 0 atom stereocenters. The molecule has 1 aromatic carbocycles. The van der Waals surface area contributed by atoms with Crippen molar-refractivity contribution in [1.82, 2.24) is 5.43 Å². The fraction of sp³-hybridized carbons (Fsp3) is 0.0714. The van der Waals surface area contributed by atoms with Crippen molar-refractivity contribution in [3.63, 3.8) is 0 Å². The van der Waals surface area contributed by atoms with Crippen LogP contribution in [0.2, 0.25) is 0 Å². The molecule has 0 radical (unpaired) electrons. The summed E-state index contributed by atoms with van der Waals surface area (Å²) in [5.74, 6) is -1.28. The number of carboxylic acids is 1. The first kappa shape index (κ1) is 14.0. The van der Waals surface area contributed by atoms with E-state index in [0.717, 1.165) is 16.9 Å². The highest BCUT2D eigenvalue weighted by atomic mass is 32.1. The number of carboxylic acid groups (broad SMARTS) is 1. The van der Waals surface area contributed by atoms with Gasteiger partial charge in [0, 0.05) is 10.4 Å². The Bertz CT molecular complexity index is 659. The van der Waals surface area contributed by atoms with Gasteiger partial charge in [-0.3, -0.25) is 4.79 Å². The third-order valence-electron chi connectivity index (χ3n) is 2.51. The molecule has 102 valence electrons. The second kappa shape index (κ2) is 6.12. The van der Waals surface area contributed by atoms with Gasteiger partial charge < -0.3 is 5.11 Å². The number of thiophene rings is 1. The van der Waals surface area contributed by atoms with Crippen LogP contribution < -0.4 is 5.43 Å². The van der Waals surface area contributed by atoms with E-state index in [1.54, 1.807) is 18.2 Å². The van der Waals surface area contributed by atoms with Crippen molar-refractivity contribution in [2.45, 2.75) is 6.92 Å². The van der Waals surface area contributed by atoms with E-state index >= 15 is 0 Å². The number of hydrogen-bond donors (Lipinski definition) is 2. The Morgan fingerprint density at radius 2 is 1.90 bits per heavy atom. The third kappa shape index (κ3) is 3.52. The lowest BCUT2D eigenvalue weighted by Crippen LogP contribution is -2.17. The molecule has 0 aliphatic heterocycles. The summed E-state index contributed by atoms with van der Waals surface area (Å²) in [6.45, 7) is 1.94. The first-order valence-electron chi connectivity index (χ1n) is 5.79. The van der Waals surface area contributed by atoms with Crippen LogP contribution >= 0.6 is 11.3 Å². The lowest BCUT2D eigenvalue weighted by Gasteiger charge is -1.99. The van der Waals surface area contributed by atoms with Gasteiger partial charge in [0.15, 0.2) is 0 Å². The number of hydrogen-bond acceptors (Lipinski definition) is 4. The van der Waals surface area contributed by atoms with E-state index in [9.17, 15) is 9.59 Å². The minimum Gasteiger partial charge on any atom is -0.477 e. The van der Waals surface area contributed by atoms with Crippen molar-refractivity contribution in [2.24, 2.45) is 5.10 Å². The van der Waals surface area contributed by atoms with E-state index in [0.29, 0.717) is 10.4 Å². The summed E-state index contributed by atoms with van der Waals surface area (Å²) in [6.07, 6.45) is 1.42. The smallest absolute Gasteiger partial charge is 0.345 e. The molecule has 0 bridgehead atoms. The van der Waals surface area contributed by atoms with Crippen LogP contribution in [0.1, 0.15) is 30.5 Å². The van der Waals surface area contributed by atoms with E-state index in [2.05, 4.69) is 10.5 Å². The van der Waals surface area contributed by atoms with Crippen LogP contribution in [-0.2, 0) is 0 Å². The number of carbonyl (C=O) groups is 2. The topological polar surface area (TPSA) is 78.8 Å². The Hall–Kier alpha value is -2.47. The predicted molar refractivity (Wildman–Crippen MR) is 77.5 cm³/mol. The molecule has 1 aromatic heterocycles. The Balaban J connectivity index is 1.97. The molecule has 5 nitrogen and oxygen atoms in total. The number of nitrogens with zero attached hydrogens (tertiary/aromatic N) is 1. The van der Waals surface area contributed by atoms with Gasteiger partial charge in [-0.25, -0.2) is 10.2 Å². The fourth-order valence-corrected chi connectivity index (χ4v) is 2.18. The highest BCUT2D eigenvalue weighted by Crippen LogP contribution is 2.14. The Labute approximate surface area is 119 Å². The van der Waals surface area contributed by atoms with E-state index < -0.39 is 5.97 Å². The number of carbonyl (C=O) groups excluding carboxylic acids is 1. The highest BCUT2D eigenvalue weighted by molar-refractivity contribution is 7.15. The zero-order valence-electron chi connectivity index (χ0n) is 10.7. The quantitative estimate of drug-likeness (QED) is 0.670. The maximum atomic E-state index is 11.7. The summed E-state index contributed by atoms with van der Waals surface area (Å²) in [4.78, 5) is 23.3. The Kier molecular flexibility index (Phi) is 4.27. The average molecular weight is 288 g/mol. The van der Waals surface area contributed by atoms with Crippen LogP contribution in [0.25, 0.3) is 0 Å². The average Bonchev–Trinajstić information content (AvgIpc) is 2.88. The van der Waals surface area contributed by atoms with Gasteiger partial charge in [-0.1, -0.05) is 17.7 Å². The van der Waals surface area contributed by atoms with Gasteiger partial charge in [-0.2, -0.15) is 5.10 Å². The Morgan fingerprint density at radius 3 is 2.50 bits per heavy atom. The largest absolute Gasteiger partial charge is 0.477 e. The minimum atomic E-state index is -0.974. The SMILES string of the molecule is Cc1ccc(C(=O)NN=Cc2ccc(C(=O)O)s2)cc1. The molecule has 2 N–H and O–H groups in total. The first-order valence-corrected chi connectivity index (χ1v) is 6.61. The molecule has 0 aliphatic carbocycles. The second-order valence-corrected chi connectivity index (χ2v) is 5.19. The summed E-state index contributed by atoms with van der Waals surface area (Å²) >= 11 is 1.09. The standard InChI is InChI=1S/C14H12N2O3S/c1-9-2-4-10(5-3-9)13(17)16-15-8-11-6-7-12(20-11)14(18)19/h2-8H,1H3,(H,16,17)(H,18,19). The number of benzene rings is 1. The van der Waals surface area contributed by atoms with E-state index in [4.69, 9.17) is 5.11 Å². The number of rotatable bonds is 4. The highest BCUT2D eigenvalue weighted by Gasteiger charge is 2.06. The molecule has 0 fully saturated rings. The monoisotopic (exact) mass is 288 g/mol. The van der Waals surface area contributed by atoms with Crippen molar-refractivity contribution in [3.8, 4) is 0 Å². The number of nitrogens with one attached hydrogen (secondary N) is 1. The summed E-state index contributed by atoms with van der Waals surface area (Å²) in [5.41, 5.74) is 3.99. The van der Waals surface area contributed by atoms with E-state index in [-0.39, 0.29) is 10.8 Å². The molecule has 2 rings (SSSR count). The van der Waals surface area contributed by atoms with Crippen molar-refractivity contribution in [3.05, 3.63) is 57.3 Å². The molecule has 6 heteroatoms. The molecule has 0 unspecified atom stereocenters. The van der Waals surface area contributed by atoms with Crippen molar-refractivity contribution < 1.29 is 14.7 Å². The van der Waals surface area contributed by atoms with Crippen molar-refractivity contribution in [1.29, 1.82) is 0 Å². The van der Waals surface area contributed by atoms with Gasteiger partial charge in [-0.05, 0) is 31.2 Å². The summed E-state index contributed by atoms with van der Waals surface area (Å²) in [7, 11) is 0. The van der Waals surface area contributed by atoms with Gasteiger partial charge >= 0.3 is 5.97 Å². The molecular weight excluding hydrogens is 276 g/mol. The molecule has 1 amide bonds. The normalized spacial score (nSPS) is 10.7. The van der Waals surface area contributed by atoms with Crippen LogP contribution in [0.4, 0.5) is 0 Å². The van der Waals surface area contributed by atoms with Gasteiger partial charge in [0.25, 0.3) is 5.91 Å². The van der Waals surface area contributed by atoms with Gasteiger partial charge in [0.1, 0.15) is 4.88 Å². The molecule has 0 saturated carbocycles. The molecule has 2 aromatic rings. The molecule has 1 heterocycles. The van der Waals surface area contributed by atoms with Crippen molar-refractivity contribution >= 4 is 29.4 Å². The fourth-order valence-electron chi connectivity index (χ4n) is 1.46. The summed E-state index contributed by atoms with van der Waals surface area (Å²) in [5, 5.41) is 12.6. The maximum Gasteiger partial charge on any atom is 0.345 e.